The molecule has 0 aromatic heterocycles. The van der Waals surface area contributed by atoms with Crippen molar-refractivity contribution in [3.05, 3.63) is 52.5 Å². The van der Waals surface area contributed by atoms with Crippen molar-refractivity contribution in [2.24, 2.45) is 0 Å². The Morgan fingerprint density at radius 2 is 2.15 bits per heavy atom. The van der Waals surface area contributed by atoms with Crippen molar-refractivity contribution in [3.63, 3.8) is 0 Å². The number of benzene rings is 2. The van der Waals surface area contributed by atoms with Gasteiger partial charge < -0.3 is 15.2 Å². The van der Waals surface area contributed by atoms with Crippen LogP contribution in [-0.4, -0.2) is 12.2 Å². The van der Waals surface area contributed by atoms with Gasteiger partial charge in [-0.15, -0.1) is 0 Å². The molecule has 0 fully saturated rings. The lowest BCUT2D eigenvalue weighted by Crippen LogP contribution is -2.00. The first kappa shape index (κ1) is 14.0. The number of phenolic OH excluding ortho intramolecular Hbond substituents is 1. The normalized spacial score (nSPS) is 9.85. The van der Waals surface area contributed by atoms with Crippen molar-refractivity contribution in [3.8, 4) is 17.6 Å². The second kappa shape index (κ2) is 6.18. The number of ether oxygens (including phenoxy) is 1. The topological polar surface area (TPSA) is 65.3 Å². The summed E-state index contributed by atoms with van der Waals surface area (Å²) in [6.45, 7) is 0.412. The van der Waals surface area contributed by atoms with Crippen molar-refractivity contribution < 1.29 is 9.84 Å². The number of nitrogens with zero attached hydrogens (tertiary/aromatic N) is 1. The molecule has 4 nitrogen and oxygen atoms in total. The summed E-state index contributed by atoms with van der Waals surface area (Å²) in [6, 6.07) is 12.4. The van der Waals surface area contributed by atoms with E-state index in [0.29, 0.717) is 28.4 Å². The molecule has 0 bridgehead atoms. The Labute approximate surface area is 122 Å². The number of anilines is 1. The van der Waals surface area contributed by atoms with Crippen LogP contribution in [0.5, 0.6) is 11.5 Å². The third-order valence-corrected chi connectivity index (χ3v) is 3.20. The number of halogens is 1. The molecule has 0 saturated heterocycles. The summed E-state index contributed by atoms with van der Waals surface area (Å²) in [4.78, 5) is 0. The molecule has 0 aliphatic heterocycles. The quantitative estimate of drug-likeness (QED) is 0.903. The summed E-state index contributed by atoms with van der Waals surface area (Å²) in [5.74, 6) is 0.537. The van der Waals surface area contributed by atoms with Gasteiger partial charge in [0.15, 0.2) is 11.5 Å². The lowest BCUT2D eigenvalue weighted by molar-refractivity contribution is 0.371. The van der Waals surface area contributed by atoms with E-state index in [0.717, 1.165) is 5.69 Å². The molecule has 0 radical (unpaired) electrons. The second-order valence-corrected chi connectivity index (χ2v) is 4.54. The summed E-state index contributed by atoms with van der Waals surface area (Å²) >= 11 is 5.87. The van der Waals surface area contributed by atoms with Crippen LogP contribution in [0.1, 0.15) is 11.1 Å². The number of nitriles is 1. The molecule has 0 atom stereocenters. The maximum absolute atomic E-state index is 9.97. The lowest BCUT2D eigenvalue weighted by atomic mass is 10.1. The van der Waals surface area contributed by atoms with Crippen molar-refractivity contribution in [1.29, 1.82) is 5.26 Å². The predicted molar refractivity (Wildman–Crippen MR) is 78.2 cm³/mol. The molecular weight excluding hydrogens is 276 g/mol. The first-order valence-corrected chi connectivity index (χ1v) is 6.32. The smallest absolute Gasteiger partial charge is 0.162 e. The monoisotopic (exact) mass is 288 g/mol. The molecule has 0 heterocycles. The SMILES string of the molecule is COc1cccc(CNc2ccc(Cl)c(C#N)c2)c1O. The molecule has 0 aliphatic carbocycles. The first-order chi connectivity index (χ1) is 9.65. The van der Waals surface area contributed by atoms with E-state index in [1.807, 2.05) is 6.07 Å². The van der Waals surface area contributed by atoms with Gasteiger partial charge in [0, 0.05) is 17.8 Å². The molecule has 2 N–H and O–H groups in total. The van der Waals surface area contributed by atoms with E-state index in [1.54, 1.807) is 36.4 Å². The van der Waals surface area contributed by atoms with Gasteiger partial charge in [0.2, 0.25) is 0 Å². The van der Waals surface area contributed by atoms with Crippen LogP contribution < -0.4 is 10.1 Å². The summed E-state index contributed by atoms with van der Waals surface area (Å²) in [5, 5.41) is 22.4. The minimum Gasteiger partial charge on any atom is -0.504 e. The Hall–Kier alpha value is -2.38. The van der Waals surface area contributed by atoms with Gasteiger partial charge in [-0.1, -0.05) is 23.7 Å². The second-order valence-electron chi connectivity index (χ2n) is 4.13. The summed E-state index contributed by atoms with van der Waals surface area (Å²) in [7, 11) is 1.50. The van der Waals surface area contributed by atoms with E-state index in [9.17, 15) is 5.11 Å². The van der Waals surface area contributed by atoms with Gasteiger partial charge in [-0.05, 0) is 24.3 Å². The fourth-order valence-corrected chi connectivity index (χ4v) is 1.95. The number of rotatable bonds is 4. The molecule has 0 saturated carbocycles. The van der Waals surface area contributed by atoms with Crippen LogP contribution in [0, 0.1) is 11.3 Å². The Balaban J connectivity index is 2.15. The highest BCUT2D eigenvalue weighted by molar-refractivity contribution is 6.31. The summed E-state index contributed by atoms with van der Waals surface area (Å²) in [5.41, 5.74) is 1.87. The molecule has 0 aliphatic rings. The fourth-order valence-electron chi connectivity index (χ4n) is 1.79. The molecule has 2 rings (SSSR count). The van der Waals surface area contributed by atoms with Crippen LogP contribution in [-0.2, 0) is 6.54 Å². The number of phenols is 1. The Morgan fingerprint density at radius 1 is 1.35 bits per heavy atom. The minimum atomic E-state index is 0.108. The molecule has 2 aromatic rings. The molecule has 0 unspecified atom stereocenters. The van der Waals surface area contributed by atoms with Crippen LogP contribution >= 0.6 is 11.6 Å². The van der Waals surface area contributed by atoms with Crippen LogP contribution in [0.25, 0.3) is 0 Å². The molecule has 102 valence electrons. The molecular formula is C15H13ClN2O2. The largest absolute Gasteiger partial charge is 0.504 e. The number of hydrogen-bond acceptors (Lipinski definition) is 4. The van der Waals surface area contributed by atoms with Crippen molar-refractivity contribution in [2.45, 2.75) is 6.54 Å². The maximum atomic E-state index is 9.97. The Morgan fingerprint density at radius 3 is 2.85 bits per heavy atom. The number of aromatic hydroxyl groups is 1. The predicted octanol–water partition coefficient (Wildman–Crippen LogP) is 3.54. The average molecular weight is 289 g/mol. The summed E-state index contributed by atoms with van der Waals surface area (Å²) < 4.78 is 5.05. The molecule has 0 amide bonds. The minimum absolute atomic E-state index is 0.108. The van der Waals surface area contributed by atoms with E-state index in [2.05, 4.69) is 5.32 Å². The average Bonchev–Trinajstić information content (AvgIpc) is 2.47. The van der Waals surface area contributed by atoms with E-state index in [1.165, 1.54) is 7.11 Å². The van der Waals surface area contributed by atoms with Crippen LogP contribution in [0.3, 0.4) is 0 Å². The molecule has 5 heteroatoms. The highest BCUT2D eigenvalue weighted by atomic mass is 35.5. The third kappa shape index (κ3) is 2.95. The number of para-hydroxylation sites is 1. The zero-order chi connectivity index (χ0) is 14.5. The van der Waals surface area contributed by atoms with Gasteiger partial charge in [0.25, 0.3) is 0 Å². The van der Waals surface area contributed by atoms with Crippen molar-refractivity contribution in [1.82, 2.24) is 0 Å². The van der Waals surface area contributed by atoms with Crippen molar-refractivity contribution >= 4 is 17.3 Å². The van der Waals surface area contributed by atoms with Gasteiger partial charge >= 0.3 is 0 Å². The van der Waals surface area contributed by atoms with E-state index in [-0.39, 0.29) is 5.75 Å². The Kier molecular flexibility index (Phi) is 4.34. The Bertz CT molecular complexity index is 665. The number of hydrogen-bond donors (Lipinski definition) is 2. The molecule has 2 aromatic carbocycles. The lowest BCUT2D eigenvalue weighted by Gasteiger charge is -2.11. The van der Waals surface area contributed by atoms with Gasteiger partial charge in [-0.2, -0.15) is 5.26 Å². The molecule has 20 heavy (non-hydrogen) atoms. The number of nitrogens with one attached hydrogen (secondary N) is 1. The third-order valence-electron chi connectivity index (χ3n) is 2.87. The van der Waals surface area contributed by atoms with Gasteiger partial charge in [0.05, 0.1) is 17.7 Å². The van der Waals surface area contributed by atoms with E-state index in [4.69, 9.17) is 21.6 Å². The standard InChI is InChI=1S/C15H13ClN2O2/c1-20-14-4-2-3-10(15(14)19)9-18-12-5-6-13(16)11(7-12)8-17/h2-7,18-19H,9H2,1H3. The van der Waals surface area contributed by atoms with Gasteiger partial charge in [0.1, 0.15) is 6.07 Å². The fraction of sp³-hybridized carbons (Fsp3) is 0.133. The maximum Gasteiger partial charge on any atom is 0.162 e. The molecule has 0 spiro atoms. The van der Waals surface area contributed by atoms with E-state index < -0.39 is 0 Å². The van der Waals surface area contributed by atoms with Crippen molar-refractivity contribution in [2.75, 3.05) is 12.4 Å². The highest BCUT2D eigenvalue weighted by Crippen LogP contribution is 2.30. The zero-order valence-corrected chi connectivity index (χ0v) is 11.6. The number of methoxy groups -OCH3 is 1. The summed E-state index contributed by atoms with van der Waals surface area (Å²) in [6.07, 6.45) is 0. The van der Waals surface area contributed by atoms with Crippen LogP contribution in [0.2, 0.25) is 5.02 Å². The first-order valence-electron chi connectivity index (χ1n) is 5.94. The zero-order valence-electron chi connectivity index (χ0n) is 10.9. The van der Waals surface area contributed by atoms with Crippen LogP contribution in [0.15, 0.2) is 36.4 Å². The highest BCUT2D eigenvalue weighted by Gasteiger charge is 2.07. The van der Waals surface area contributed by atoms with E-state index >= 15 is 0 Å². The van der Waals surface area contributed by atoms with Crippen LogP contribution in [0.4, 0.5) is 5.69 Å². The van der Waals surface area contributed by atoms with Gasteiger partial charge in [-0.25, -0.2) is 0 Å². The van der Waals surface area contributed by atoms with Gasteiger partial charge in [-0.3, -0.25) is 0 Å².